The van der Waals surface area contributed by atoms with Gasteiger partial charge >= 0.3 is 6.18 Å². The van der Waals surface area contributed by atoms with E-state index in [0.717, 1.165) is 25.8 Å². The smallest absolute Gasteiger partial charge is 0.372 e. The molecule has 1 atom stereocenters. The second-order valence-electron chi connectivity index (χ2n) is 4.56. The first kappa shape index (κ1) is 13.8. The van der Waals surface area contributed by atoms with Crippen LogP contribution in [0.5, 0.6) is 0 Å². The van der Waals surface area contributed by atoms with Crippen molar-refractivity contribution in [1.29, 1.82) is 0 Å². The zero-order chi connectivity index (χ0) is 12.2. The molecule has 96 valence electrons. The number of rotatable bonds is 7. The molecule has 0 aromatic heterocycles. The van der Waals surface area contributed by atoms with Crippen molar-refractivity contribution in [2.45, 2.75) is 45.3 Å². The SMILES string of the molecule is CCNC(C)C1(CCOCC(F)(F)F)CC1. The van der Waals surface area contributed by atoms with Crippen molar-refractivity contribution in [2.24, 2.45) is 5.41 Å². The van der Waals surface area contributed by atoms with E-state index in [-0.39, 0.29) is 12.0 Å². The lowest BCUT2D eigenvalue weighted by atomic mass is 9.94. The van der Waals surface area contributed by atoms with Crippen molar-refractivity contribution < 1.29 is 17.9 Å². The molecule has 1 aliphatic rings. The van der Waals surface area contributed by atoms with Crippen LogP contribution in [0.4, 0.5) is 13.2 Å². The van der Waals surface area contributed by atoms with Gasteiger partial charge in [0.05, 0.1) is 0 Å². The first-order valence-corrected chi connectivity index (χ1v) is 5.77. The number of nitrogens with one attached hydrogen (secondary N) is 1. The van der Waals surface area contributed by atoms with Gasteiger partial charge in [-0.1, -0.05) is 6.92 Å². The van der Waals surface area contributed by atoms with Crippen LogP contribution in [0.1, 0.15) is 33.1 Å². The van der Waals surface area contributed by atoms with Gasteiger partial charge in [-0.3, -0.25) is 0 Å². The van der Waals surface area contributed by atoms with Gasteiger partial charge in [0.15, 0.2) is 0 Å². The molecule has 0 spiro atoms. The molecule has 2 nitrogen and oxygen atoms in total. The lowest BCUT2D eigenvalue weighted by Gasteiger charge is -2.24. The van der Waals surface area contributed by atoms with E-state index in [0.29, 0.717) is 6.04 Å². The molecule has 1 fully saturated rings. The third-order valence-electron chi connectivity index (χ3n) is 3.33. The van der Waals surface area contributed by atoms with Crippen molar-refractivity contribution in [2.75, 3.05) is 19.8 Å². The molecule has 0 radical (unpaired) electrons. The normalized spacial score (nSPS) is 20.8. The van der Waals surface area contributed by atoms with Gasteiger partial charge in [-0.15, -0.1) is 0 Å². The molecule has 5 heteroatoms. The first-order valence-electron chi connectivity index (χ1n) is 5.77. The van der Waals surface area contributed by atoms with Crippen LogP contribution in [-0.2, 0) is 4.74 Å². The highest BCUT2D eigenvalue weighted by atomic mass is 19.4. The maximum Gasteiger partial charge on any atom is 0.411 e. The van der Waals surface area contributed by atoms with Crippen LogP contribution < -0.4 is 5.32 Å². The molecular formula is C11H20F3NO. The fraction of sp³-hybridized carbons (Fsp3) is 1.00. The third-order valence-corrected chi connectivity index (χ3v) is 3.33. The van der Waals surface area contributed by atoms with Gasteiger partial charge in [0.2, 0.25) is 0 Å². The molecule has 1 aliphatic carbocycles. The summed E-state index contributed by atoms with van der Waals surface area (Å²) in [6.45, 7) is 4.10. The summed E-state index contributed by atoms with van der Waals surface area (Å²) in [6, 6.07) is 0.368. The summed E-state index contributed by atoms with van der Waals surface area (Å²) in [6.07, 6.45) is -1.30. The van der Waals surface area contributed by atoms with Gasteiger partial charge < -0.3 is 10.1 Å². The monoisotopic (exact) mass is 239 g/mol. The summed E-state index contributed by atoms with van der Waals surface area (Å²) in [5, 5.41) is 3.33. The van der Waals surface area contributed by atoms with Gasteiger partial charge in [-0.2, -0.15) is 13.2 Å². The predicted molar refractivity (Wildman–Crippen MR) is 56.3 cm³/mol. The molecule has 0 heterocycles. The number of hydrogen-bond donors (Lipinski definition) is 1. The minimum atomic E-state index is -4.20. The minimum absolute atomic E-state index is 0.182. The Kier molecular flexibility index (Phi) is 4.62. The Hall–Kier alpha value is -0.290. The Balaban J connectivity index is 2.17. The number of hydrogen-bond acceptors (Lipinski definition) is 2. The van der Waals surface area contributed by atoms with Gasteiger partial charge in [-0.25, -0.2) is 0 Å². The molecule has 1 saturated carbocycles. The van der Waals surface area contributed by atoms with Gasteiger partial charge in [0, 0.05) is 12.6 Å². The second-order valence-corrected chi connectivity index (χ2v) is 4.56. The van der Waals surface area contributed by atoms with Crippen molar-refractivity contribution in [3.05, 3.63) is 0 Å². The van der Waals surface area contributed by atoms with E-state index < -0.39 is 12.8 Å². The minimum Gasteiger partial charge on any atom is -0.372 e. The van der Waals surface area contributed by atoms with Crippen LogP contribution in [0.15, 0.2) is 0 Å². The third kappa shape index (κ3) is 4.29. The number of alkyl halides is 3. The summed E-state index contributed by atoms with van der Waals surface area (Å²) < 4.78 is 40.1. The highest BCUT2D eigenvalue weighted by molar-refractivity contribution is 5.00. The van der Waals surface area contributed by atoms with Crippen LogP contribution in [0, 0.1) is 5.41 Å². The Labute approximate surface area is 94.5 Å². The van der Waals surface area contributed by atoms with Crippen LogP contribution >= 0.6 is 0 Å². The van der Waals surface area contributed by atoms with Gasteiger partial charge in [0.1, 0.15) is 6.61 Å². The number of halogens is 3. The quantitative estimate of drug-likeness (QED) is 0.690. The fourth-order valence-corrected chi connectivity index (χ4v) is 2.05. The molecule has 0 saturated heterocycles. The lowest BCUT2D eigenvalue weighted by Crippen LogP contribution is -2.35. The molecule has 0 aromatic rings. The fourth-order valence-electron chi connectivity index (χ4n) is 2.05. The predicted octanol–water partition coefficient (Wildman–Crippen LogP) is 2.73. The van der Waals surface area contributed by atoms with E-state index in [1.165, 1.54) is 0 Å². The van der Waals surface area contributed by atoms with Crippen molar-refractivity contribution in [1.82, 2.24) is 5.32 Å². The van der Waals surface area contributed by atoms with E-state index in [1.54, 1.807) is 0 Å². The molecule has 1 N–H and O–H groups in total. The summed E-state index contributed by atoms with van der Waals surface area (Å²) in [4.78, 5) is 0. The van der Waals surface area contributed by atoms with Crippen LogP contribution in [-0.4, -0.2) is 32.0 Å². The maximum atomic E-state index is 11.8. The van der Waals surface area contributed by atoms with E-state index in [2.05, 4.69) is 17.0 Å². The Morgan fingerprint density at radius 2 is 2.00 bits per heavy atom. The standard InChI is InChI=1S/C11H20F3NO/c1-3-15-9(2)10(4-5-10)6-7-16-8-11(12,13)14/h9,15H,3-8H2,1-2H3. The Bertz CT molecular complexity index is 214. The topological polar surface area (TPSA) is 21.3 Å². The molecule has 0 bridgehead atoms. The molecule has 0 amide bonds. The zero-order valence-corrected chi connectivity index (χ0v) is 9.86. The largest absolute Gasteiger partial charge is 0.411 e. The van der Waals surface area contributed by atoms with Crippen LogP contribution in [0.2, 0.25) is 0 Å². The molecule has 16 heavy (non-hydrogen) atoms. The summed E-state index contributed by atoms with van der Waals surface area (Å²) in [7, 11) is 0. The average molecular weight is 239 g/mol. The van der Waals surface area contributed by atoms with E-state index in [4.69, 9.17) is 0 Å². The molecule has 1 unspecified atom stereocenters. The van der Waals surface area contributed by atoms with E-state index in [9.17, 15) is 13.2 Å². The van der Waals surface area contributed by atoms with E-state index >= 15 is 0 Å². The lowest BCUT2D eigenvalue weighted by molar-refractivity contribution is -0.174. The summed E-state index contributed by atoms with van der Waals surface area (Å²) >= 11 is 0. The molecule has 0 aromatic carbocycles. The van der Waals surface area contributed by atoms with Crippen molar-refractivity contribution >= 4 is 0 Å². The van der Waals surface area contributed by atoms with Crippen molar-refractivity contribution in [3.8, 4) is 0 Å². The zero-order valence-electron chi connectivity index (χ0n) is 9.86. The molecule has 1 rings (SSSR count). The van der Waals surface area contributed by atoms with Crippen LogP contribution in [0.3, 0.4) is 0 Å². The molecular weight excluding hydrogens is 219 g/mol. The van der Waals surface area contributed by atoms with Crippen LogP contribution in [0.25, 0.3) is 0 Å². The highest BCUT2D eigenvalue weighted by Crippen LogP contribution is 2.51. The highest BCUT2D eigenvalue weighted by Gasteiger charge is 2.46. The molecule has 0 aliphatic heterocycles. The first-order chi connectivity index (χ1) is 7.40. The van der Waals surface area contributed by atoms with E-state index in [1.807, 2.05) is 6.92 Å². The number of ether oxygens (including phenoxy) is 1. The summed E-state index contributed by atoms with van der Waals surface area (Å²) in [5.74, 6) is 0. The summed E-state index contributed by atoms with van der Waals surface area (Å²) in [5.41, 5.74) is 0.182. The second kappa shape index (κ2) is 5.36. The van der Waals surface area contributed by atoms with Gasteiger partial charge in [0.25, 0.3) is 0 Å². The Morgan fingerprint density at radius 1 is 1.38 bits per heavy atom. The van der Waals surface area contributed by atoms with Gasteiger partial charge in [-0.05, 0) is 38.1 Å². The maximum absolute atomic E-state index is 11.8. The Morgan fingerprint density at radius 3 is 2.44 bits per heavy atom. The van der Waals surface area contributed by atoms with Crippen molar-refractivity contribution in [3.63, 3.8) is 0 Å². The average Bonchev–Trinajstić information content (AvgIpc) is 2.93.